The average molecular weight is 479 g/mol. The summed E-state index contributed by atoms with van der Waals surface area (Å²) in [5.74, 6) is 0.527. The minimum absolute atomic E-state index is 0.527. The SMILES string of the molecule is CC(C)CN(Cc1ccc(Br)cc1)Cc1cccn1Cc1ccc(C(F)(F)F)cc1. The van der Waals surface area contributed by atoms with Crippen LogP contribution in [0.25, 0.3) is 0 Å². The molecule has 0 bridgehead atoms. The molecule has 0 fully saturated rings. The third-order valence-electron chi connectivity index (χ3n) is 4.89. The van der Waals surface area contributed by atoms with E-state index in [0.717, 1.165) is 47.5 Å². The summed E-state index contributed by atoms with van der Waals surface area (Å²) in [7, 11) is 0. The fraction of sp³-hybridized carbons (Fsp3) is 0.333. The van der Waals surface area contributed by atoms with Gasteiger partial charge in [-0.3, -0.25) is 4.90 Å². The van der Waals surface area contributed by atoms with E-state index >= 15 is 0 Å². The van der Waals surface area contributed by atoms with Gasteiger partial charge in [-0.15, -0.1) is 0 Å². The number of halogens is 4. The molecule has 2 aromatic carbocycles. The smallest absolute Gasteiger partial charge is 0.346 e. The first-order valence-electron chi connectivity index (χ1n) is 9.97. The number of aromatic nitrogens is 1. The second kappa shape index (κ2) is 9.84. The molecule has 0 aliphatic heterocycles. The summed E-state index contributed by atoms with van der Waals surface area (Å²) in [6, 6.07) is 17.8. The standard InChI is InChI=1S/C24H26BrF3N2/c1-18(2)14-29(15-19-7-11-22(25)12-8-19)17-23-4-3-13-30(23)16-20-5-9-21(10-6-20)24(26,27)28/h3-13,18H,14-17H2,1-2H3. The van der Waals surface area contributed by atoms with E-state index in [0.29, 0.717) is 12.5 Å². The van der Waals surface area contributed by atoms with Crippen molar-refractivity contribution in [2.24, 2.45) is 5.92 Å². The molecule has 6 heteroatoms. The van der Waals surface area contributed by atoms with Crippen molar-refractivity contribution >= 4 is 15.9 Å². The molecule has 0 aliphatic rings. The lowest BCUT2D eigenvalue weighted by Gasteiger charge is -2.25. The molecule has 0 N–H and O–H groups in total. The fourth-order valence-corrected chi connectivity index (χ4v) is 3.79. The fourth-order valence-electron chi connectivity index (χ4n) is 3.52. The van der Waals surface area contributed by atoms with E-state index < -0.39 is 11.7 Å². The number of rotatable bonds is 8. The molecule has 160 valence electrons. The van der Waals surface area contributed by atoms with Crippen LogP contribution in [0.2, 0.25) is 0 Å². The Balaban J connectivity index is 1.72. The Morgan fingerprint density at radius 3 is 2.13 bits per heavy atom. The van der Waals surface area contributed by atoms with Gasteiger partial charge in [0.1, 0.15) is 0 Å². The topological polar surface area (TPSA) is 8.17 Å². The van der Waals surface area contributed by atoms with Crippen molar-refractivity contribution < 1.29 is 13.2 Å². The summed E-state index contributed by atoms with van der Waals surface area (Å²) in [5, 5.41) is 0. The van der Waals surface area contributed by atoms with Crippen molar-refractivity contribution in [2.45, 2.75) is 39.7 Å². The van der Waals surface area contributed by atoms with Gasteiger partial charge in [-0.05, 0) is 53.4 Å². The molecular weight excluding hydrogens is 453 g/mol. The van der Waals surface area contributed by atoms with Gasteiger partial charge >= 0.3 is 6.18 Å². The minimum Gasteiger partial charge on any atom is -0.346 e. The molecule has 0 radical (unpaired) electrons. The normalized spacial score (nSPS) is 12.1. The Morgan fingerprint density at radius 2 is 1.53 bits per heavy atom. The second-order valence-electron chi connectivity index (χ2n) is 8.01. The van der Waals surface area contributed by atoms with Crippen LogP contribution in [-0.4, -0.2) is 16.0 Å². The monoisotopic (exact) mass is 478 g/mol. The summed E-state index contributed by atoms with van der Waals surface area (Å²) in [5.41, 5.74) is 2.63. The zero-order valence-corrected chi connectivity index (χ0v) is 18.7. The van der Waals surface area contributed by atoms with Crippen molar-refractivity contribution in [3.63, 3.8) is 0 Å². The van der Waals surface area contributed by atoms with Crippen LogP contribution in [0.4, 0.5) is 13.2 Å². The molecule has 0 saturated carbocycles. The Morgan fingerprint density at radius 1 is 0.900 bits per heavy atom. The Kier molecular flexibility index (Phi) is 7.42. The van der Waals surface area contributed by atoms with E-state index in [-0.39, 0.29) is 0 Å². The molecule has 30 heavy (non-hydrogen) atoms. The molecule has 1 aromatic heterocycles. The van der Waals surface area contributed by atoms with Crippen LogP contribution in [0.1, 0.15) is 36.2 Å². The Hall–Kier alpha value is -2.05. The van der Waals surface area contributed by atoms with Crippen molar-refractivity contribution in [1.82, 2.24) is 9.47 Å². The highest BCUT2D eigenvalue weighted by Gasteiger charge is 2.29. The third-order valence-corrected chi connectivity index (χ3v) is 5.41. The summed E-state index contributed by atoms with van der Waals surface area (Å²) in [6.45, 7) is 7.54. The highest BCUT2D eigenvalue weighted by Crippen LogP contribution is 2.29. The predicted octanol–water partition coefficient (Wildman–Crippen LogP) is 6.98. The van der Waals surface area contributed by atoms with Crippen molar-refractivity contribution in [3.8, 4) is 0 Å². The lowest BCUT2D eigenvalue weighted by Crippen LogP contribution is -2.28. The quantitative estimate of drug-likeness (QED) is 0.339. The molecule has 0 saturated heterocycles. The van der Waals surface area contributed by atoms with Gasteiger partial charge in [0.05, 0.1) is 5.56 Å². The van der Waals surface area contributed by atoms with Gasteiger partial charge in [0.25, 0.3) is 0 Å². The van der Waals surface area contributed by atoms with Crippen LogP contribution in [-0.2, 0) is 25.8 Å². The van der Waals surface area contributed by atoms with E-state index in [1.54, 1.807) is 12.1 Å². The number of benzene rings is 2. The minimum atomic E-state index is -4.30. The summed E-state index contributed by atoms with van der Waals surface area (Å²) < 4.78 is 41.6. The maximum Gasteiger partial charge on any atom is 0.416 e. The lowest BCUT2D eigenvalue weighted by atomic mass is 10.1. The molecule has 1 heterocycles. The van der Waals surface area contributed by atoms with Gasteiger partial charge in [0.15, 0.2) is 0 Å². The van der Waals surface area contributed by atoms with Gasteiger partial charge in [0, 0.05) is 42.5 Å². The van der Waals surface area contributed by atoms with Crippen LogP contribution < -0.4 is 0 Å². The van der Waals surface area contributed by atoms with Crippen LogP contribution in [0.15, 0.2) is 71.3 Å². The van der Waals surface area contributed by atoms with Crippen LogP contribution >= 0.6 is 15.9 Å². The van der Waals surface area contributed by atoms with Gasteiger partial charge in [0.2, 0.25) is 0 Å². The van der Waals surface area contributed by atoms with Gasteiger partial charge in [-0.25, -0.2) is 0 Å². The van der Waals surface area contributed by atoms with E-state index in [1.807, 2.05) is 12.3 Å². The maximum atomic E-state index is 12.8. The molecule has 0 spiro atoms. The van der Waals surface area contributed by atoms with E-state index in [2.05, 4.69) is 69.6 Å². The van der Waals surface area contributed by atoms with Crippen molar-refractivity contribution in [3.05, 3.63) is 93.7 Å². The Labute approximate surface area is 184 Å². The molecule has 3 aromatic rings. The van der Waals surface area contributed by atoms with E-state index in [9.17, 15) is 13.2 Å². The summed E-state index contributed by atoms with van der Waals surface area (Å²) >= 11 is 3.48. The average Bonchev–Trinajstić information content (AvgIpc) is 3.09. The molecule has 0 amide bonds. The highest BCUT2D eigenvalue weighted by atomic mass is 79.9. The summed E-state index contributed by atoms with van der Waals surface area (Å²) in [6.07, 6.45) is -2.32. The maximum absolute atomic E-state index is 12.8. The molecule has 2 nitrogen and oxygen atoms in total. The molecular formula is C24H26BrF3N2. The predicted molar refractivity (Wildman–Crippen MR) is 118 cm³/mol. The number of hydrogen-bond acceptors (Lipinski definition) is 1. The molecule has 0 unspecified atom stereocenters. The van der Waals surface area contributed by atoms with Crippen LogP contribution in [0.5, 0.6) is 0 Å². The van der Waals surface area contributed by atoms with E-state index in [4.69, 9.17) is 0 Å². The lowest BCUT2D eigenvalue weighted by molar-refractivity contribution is -0.137. The van der Waals surface area contributed by atoms with Crippen LogP contribution in [0, 0.1) is 5.92 Å². The van der Waals surface area contributed by atoms with Gasteiger partial charge in [-0.1, -0.05) is 54.0 Å². The van der Waals surface area contributed by atoms with Gasteiger partial charge < -0.3 is 4.57 Å². The molecule has 3 rings (SSSR count). The van der Waals surface area contributed by atoms with Gasteiger partial charge in [-0.2, -0.15) is 13.2 Å². The first-order valence-corrected chi connectivity index (χ1v) is 10.8. The number of hydrogen-bond donors (Lipinski definition) is 0. The zero-order chi connectivity index (χ0) is 21.7. The van der Waals surface area contributed by atoms with Crippen molar-refractivity contribution in [1.29, 1.82) is 0 Å². The van der Waals surface area contributed by atoms with Crippen LogP contribution in [0.3, 0.4) is 0 Å². The number of alkyl halides is 3. The largest absolute Gasteiger partial charge is 0.416 e. The second-order valence-corrected chi connectivity index (χ2v) is 8.93. The molecule has 0 aliphatic carbocycles. The first kappa shape index (κ1) is 22.6. The summed E-state index contributed by atoms with van der Waals surface area (Å²) in [4.78, 5) is 2.41. The Bertz CT molecular complexity index is 928. The third kappa shape index (κ3) is 6.47. The molecule has 0 atom stereocenters. The zero-order valence-electron chi connectivity index (χ0n) is 17.2. The highest BCUT2D eigenvalue weighted by molar-refractivity contribution is 9.10. The first-order chi connectivity index (χ1) is 14.2. The van der Waals surface area contributed by atoms with Crippen molar-refractivity contribution in [2.75, 3.05) is 6.54 Å². The number of nitrogens with zero attached hydrogens (tertiary/aromatic N) is 2. The van der Waals surface area contributed by atoms with E-state index in [1.165, 1.54) is 5.56 Å².